The molecule has 1 unspecified atom stereocenters. The van der Waals surface area contributed by atoms with Gasteiger partial charge in [0.25, 0.3) is 0 Å². The number of azo groups is 1. The van der Waals surface area contributed by atoms with Crippen LogP contribution in [0.15, 0.2) is 58.8 Å². The number of ether oxygens (including phenoxy) is 2. The topological polar surface area (TPSA) is 97.6 Å². The van der Waals surface area contributed by atoms with Crippen LogP contribution in [-0.4, -0.2) is 36.4 Å². The predicted molar refractivity (Wildman–Crippen MR) is 196 cm³/mol. The molecule has 2 aromatic carbocycles. The number of unbranched alkanes of at least 4 members (excludes halogenated alkanes) is 15. The van der Waals surface area contributed by atoms with E-state index < -0.39 is 12.1 Å². The first-order chi connectivity index (χ1) is 23.5. The zero-order chi connectivity index (χ0) is 34.5. The monoisotopic (exact) mass is 664 g/mol. The molecule has 7 heteroatoms. The van der Waals surface area contributed by atoms with Crippen molar-refractivity contribution in [2.75, 3.05) is 13.2 Å². The van der Waals surface area contributed by atoms with Crippen molar-refractivity contribution in [3.8, 4) is 0 Å². The molecule has 1 atom stereocenters. The van der Waals surface area contributed by atoms with Crippen molar-refractivity contribution in [2.24, 2.45) is 10.2 Å². The molecule has 7 nitrogen and oxygen atoms in total. The summed E-state index contributed by atoms with van der Waals surface area (Å²) < 4.78 is 10.6. The Morgan fingerprint density at radius 1 is 0.562 bits per heavy atom. The Labute approximate surface area is 291 Å². The number of aryl methyl sites for hydroxylation is 2. The Morgan fingerprint density at radius 3 is 1.44 bits per heavy atom. The van der Waals surface area contributed by atoms with Crippen molar-refractivity contribution in [1.82, 2.24) is 0 Å². The first-order valence-corrected chi connectivity index (χ1v) is 19.1. The van der Waals surface area contributed by atoms with Gasteiger partial charge in [0.2, 0.25) is 0 Å². The second-order valence-electron chi connectivity index (χ2n) is 13.2. The summed E-state index contributed by atoms with van der Waals surface area (Å²) in [7, 11) is 0. The Kier molecular flexibility index (Phi) is 23.9. The highest BCUT2D eigenvalue weighted by Gasteiger charge is 2.16. The van der Waals surface area contributed by atoms with Gasteiger partial charge in [-0.2, -0.15) is 10.2 Å². The molecule has 0 amide bonds. The van der Waals surface area contributed by atoms with Crippen LogP contribution in [0.25, 0.3) is 0 Å². The molecule has 2 rings (SSSR count). The highest BCUT2D eigenvalue weighted by molar-refractivity contribution is 5.70. The van der Waals surface area contributed by atoms with Crippen LogP contribution in [0.5, 0.6) is 0 Å². The van der Waals surface area contributed by atoms with E-state index >= 15 is 0 Å². The van der Waals surface area contributed by atoms with Crippen LogP contribution >= 0.6 is 0 Å². The fourth-order valence-electron chi connectivity index (χ4n) is 5.66. The zero-order valence-corrected chi connectivity index (χ0v) is 30.1. The van der Waals surface area contributed by atoms with E-state index in [4.69, 9.17) is 9.47 Å². The average molecular weight is 665 g/mol. The number of carbonyl (C=O) groups is 2. The molecular formula is C41H64N2O5. The van der Waals surface area contributed by atoms with Gasteiger partial charge in [0, 0.05) is 12.8 Å². The average Bonchev–Trinajstić information content (AvgIpc) is 3.10. The van der Waals surface area contributed by atoms with Gasteiger partial charge in [0.05, 0.1) is 18.0 Å². The van der Waals surface area contributed by atoms with E-state index in [0.717, 1.165) is 42.6 Å². The first-order valence-electron chi connectivity index (χ1n) is 19.1. The smallest absolute Gasteiger partial charge is 0.306 e. The number of hydrogen-bond donors (Lipinski definition) is 1. The Bertz CT molecular complexity index is 1120. The number of aliphatic hydroxyl groups excluding tert-OH is 1. The minimum atomic E-state index is -0.834. The molecule has 0 saturated heterocycles. The number of nitrogens with zero attached hydrogens (tertiary/aromatic N) is 2. The number of aliphatic hydroxyl groups is 1. The molecule has 0 saturated carbocycles. The van der Waals surface area contributed by atoms with Gasteiger partial charge >= 0.3 is 11.9 Å². The molecule has 0 aromatic heterocycles. The number of hydrogen-bond acceptors (Lipinski definition) is 7. The molecule has 2 aromatic rings. The van der Waals surface area contributed by atoms with Gasteiger partial charge in [-0.05, 0) is 67.5 Å². The van der Waals surface area contributed by atoms with Gasteiger partial charge in [-0.1, -0.05) is 134 Å². The van der Waals surface area contributed by atoms with E-state index in [1.54, 1.807) is 0 Å². The molecule has 268 valence electrons. The third-order valence-electron chi connectivity index (χ3n) is 8.74. The Morgan fingerprint density at radius 2 is 0.979 bits per heavy atom. The van der Waals surface area contributed by atoms with Crippen molar-refractivity contribution < 1.29 is 24.2 Å². The van der Waals surface area contributed by atoms with Crippen molar-refractivity contribution in [3.63, 3.8) is 0 Å². The largest absolute Gasteiger partial charge is 0.462 e. The van der Waals surface area contributed by atoms with Crippen LogP contribution in [0.1, 0.15) is 153 Å². The number of esters is 2. The predicted octanol–water partition coefficient (Wildman–Crippen LogP) is 11.5. The highest BCUT2D eigenvalue weighted by atomic mass is 16.6. The van der Waals surface area contributed by atoms with E-state index in [1.807, 2.05) is 36.4 Å². The summed E-state index contributed by atoms with van der Waals surface area (Å²) in [6, 6.07) is 16.0. The fraction of sp³-hybridized carbons (Fsp3) is 0.659. The minimum absolute atomic E-state index is 0.112. The molecule has 1 N–H and O–H groups in total. The third-order valence-corrected chi connectivity index (χ3v) is 8.74. The zero-order valence-electron chi connectivity index (χ0n) is 30.1. The second kappa shape index (κ2) is 27.8. The van der Waals surface area contributed by atoms with Gasteiger partial charge in [-0.25, -0.2) is 0 Å². The van der Waals surface area contributed by atoms with Crippen LogP contribution in [0.4, 0.5) is 11.4 Å². The van der Waals surface area contributed by atoms with Gasteiger partial charge in [0.15, 0.2) is 6.10 Å². The molecule has 0 bridgehead atoms. The van der Waals surface area contributed by atoms with Crippen molar-refractivity contribution in [1.29, 1.82) is 0 Å². The van der Waals surface area contributed by atoms with Crippen LogP contribution in [0.3, 0.4) is 0 Å². The summed E-state index contributed by atoms with van der Waals surface area (Å²) >= 11 is 0. The minimum Gasteiger partial charge on any atom is -0.462 e. The molecule has 0 aliphatic rings. The summed E-state index contributed by atoms with van der Waals surface area (Å²) in [5.41, 5.74) is 4.01. The molecular weight excluding hydrogens is 600 g/mol. The maximum Gasteiger partial charge on any atom is 0.306 e. The van der Waals surface area contributed by atoms with E-state index in [-0.39, 0.29) is 25.6 Å². The summed E-state index contributed by atoms with van der Waals surface area (Å²) in [6.07, 6.45) is 23.7. The second-order valence-corrected chi connectivity index (χ2v) is 13.2. The van der Waals surface area contributed by atoms with Gasteiger partial charge in [-0.3, -0.25) is 9.59 Å². The number of rotatable bonds is 29. The lowest BCUT2D eigenvalue weighted by molar-refractivity contribution is -0.161. The SMILES string of the molecule is CCCCCCCCCCCCCCCCCC(=O)OCC(CO)OC(=O)CCCc1ccc(/N=N/c2ccc(CCCC)cc2)cc1. The van der Waals surface area contributed by atoms with Crippen LogP contribution in [0, 0.1) is 0 Å². The van der Waals surface area contributed by atoms with Gasteiger partial charge < -0.3 is 14.6 Å². The standard InChI is InChI=1S/C41H64N2O5/c1-3-5-7-8-9-10-11-12-13-14-15-16-17-18-19-23-40(45)47-34-39(33-44)48-41(46)24-20-22-36-27-31-38(32-28-36)43-42-37-29-25-35(26-30-37)21-6-4-2/h25-32,39,44H,3-24,33-34H2,1-2H3/b43-42+. The molecule has 0 radical (unpaired) electrons. The molecule has 0 heterocycles. The summed E-state index contributed by atoms with van der Waals surface area (Å²) in [6.45, 7) is 3.97. The number of carbonyl (C=O) groups excluding carboxylic acids is 2. The number of benzene rings is 2. The normalized spacial score (nSPS) is 12.0. The Balaban J connectivity index is 1.48. The van der Waals surface area contributed by atoms with Crippen LogP contribution in [-0.2, 0) is 31.9 Å². The maximum atomic E-state index is 12.3. The fourth-order valence-corrected chi connectivity index (χ4v) is 5.66. The van der Waals surface area contributed by atoms with Crippen molar-refractivity contribution >= 4 is 23.3 Å². The molecule has 0 fully saturated rings. The summed E-state index contributed by atoms with van der Waals surface area (Å²) in [5.74, 6) is -0.707. The molecule has 0 aliphatic heterocycles. The summed E-state index contributed by atoms with van der Waals surface area (Å²) in [4.78, 5) is 24.5. The lowest BCUT2D eigenvalue weighted by atomic mass is 10.0. The van der Waals surface area contributed by atoms with Crippen molar-refractivity contribution in [2.45, 2.75) is 161 Å². The summed E-state index contributed by atoms with van der Waals surface area (Å²) in [5, 5.41) is 18.3. The van der Waals surface area contributed by atoms with E-state index in [9.17, 15) is 14.7 Å². The quantitative estimate of drug-likeness (QED) is 0.0530. The third kappa shape index (κ3) is 21.0. The lowest BCUT2D eigenvalue weighted by Gasteiger charge is -2.15. The van der Waals surface area contributed by atoms with Gasteiger partial charge in [0.1, 0.15) is 6.61 Å². The van der Waals surface area contributed by atoms with Crippen molar-refractivity contribution in [3.05, 3.63) is 59.7 Å². The van der Waals surface area contributed by atoms with Crippen LogP contribution < -0.4 is 0 Å². The lowest BCUT2D eigenvalue weighted by Crippen LogP contribution is -2.28. The van der Waals surface area contributed by atoms with E-state index in [0.29, 0.717) is 19.3 Å². The van der Waals surface area contributed by atoms with Crippen LogP contribution in [0.2, 0.25) is 0 Å². The van der Waals surface area contributed by atoms with E-state index in [1.165, 1.54) is 95.5 Å². The Hall–Kier alpha value is -3.06. The van der Waals surface area contributed by atoms with Gasteiger partial charge in [-0.15, -0.1) is 0 Å². The molecule has 0 aliphatic carbocycles. The highest BCUT2D eigenvalue weighted by Crippen LogP contribution is 2.21. The molecule has 48 heavy (non-hydrogen) atoms. The maximum absolute atomic E-state index is 12.3. The van der Waals surface area contributed by atoms with E-state index in [2.05, 4.69) is 36.2 Å². The molecule has 0 spiro atoms. The first kappa shape index (κ1) is 41.1.